The van der Waals surface area contributed by atoms with Crippen molar-refractivity contribution >= 4 is 28.3 Å². The molecular formula is C17H21F2N3O4S. The Bertz CT molecular complexity index is 799. The molecule has 1 heterocycles. The van der Waals surface area contributed by atoms with Crippen LogP contribution in [-0.4, -0.2) is 41.8 Å². The van der Waals surface area contributed by atoms with E-state index < -0.39 is 29.2 Å². The van der Waals surface area contributed by atoms with E-state index in [9.17, 15) is 18.4 Å². The molecule has 0 aliphatic rings. The summed E-state index contributed by atoms with van der Waals surface area (Å²) >= 11 is 0.775. The second kappa shape index (κ2) is 9.38. The summed E-state index contributed by atoms with van der Waals surface area (Å²) in [7, 11) is 2.38. The van der Waals surface area contributed by atoms with E-state index in [2.05, 4.69) is 15.6 Å². The molecule has 0 aliphatic carbocycles. The largest absolute Gasteiger partial charge is 0.444 e. The Morgan fingerprint density at radius 1 is 1.19 bits per heavy atom. The molecule has 0 spiro atoms. The lowest BCUT2D eigenvalue weighted by Crippen LogP contribution is -2.28. The first-order valence-corrected chi connectivity index (χ1v) is 8.56. The number of carbonyl (C=O) groups is 2. The van der Waals surface area contributed by atoms with Crippen molar-refractivity contribution in [2.24, 2.45) is 0 Å². The molecule has 2 rings (SSSR count). The summed E-state index contributed by atoms with van der Waals surface area (Å²) < 4.78 is 33.0. The van der Waals surface area contributed by atoms with E-state index in [4.69, 9.17) is 9.84 Å². The maximum absolute atomic E-state index is 14.0. The molecule has 0 radical (unpaired) electrons. The molecule has 0 saturated heterocycles. The van der Waals surface area contributed by atoms with Crippen LogP contribution in [-0.2, 0) is 4.74 Å². The van der Waals surface area contributed by atoms with Crippen LogP contribution < -0.4 is 10.6 Å². The molecule has 0 atom stereocenters. The first kappa shape index (κ1) is 22.5. The molecule has 10 heteroatoms. The number of aromatic nitrogens is 1. The molecule has 0 bridgehead atoms. The molecule has 0 unspecified atom stereocenters. The van der Waals surface area contributed by atoms with Gasteiger partial charge in [0.05, 0.1) is 5.56 Å². The fourth-order valence-electron chi connectivity index (χ4n) is 1.88. The van der Waals surface area contributed by atoms with Gasteiger partial charge in [0.1, 0.15) is 27.2 Å². The molecule has 2 amide bonds. The molecule has 27 heavy (non-hydrogen) atoms. The number of ether oxygens (including phenoxy) is 1. The number of hydrogen-bond donors (Lipinski definition) is 3. The molecule has 0 fully saturated rings. The summed E-state index contributed by atoms with van der Waals surface area (Å²) in [5, 5.41) is 11.7. The normalized spacial score (nSPS) is 10.5. The summed E-state index contributed by atoms with van der Waals surface area (Å²) in [4.78, 5) is 27.9. The van der Waals surface area contributed by atoms with Gasteiger partial charge in [0.2, 0.25) is 0 Å². The van der Waals surface area contributed by atoms with Crippen molar-refractivity contribution in [3.63, 3.8) is 0 Å². The van der Waals surface area contributed by atoms with Crippen molar-refractivity contribution in [3.8, 4) is 10.6 Å². The van der Waals surface area contributed by atoms with Crippen molar-refractivity contribution in [3.05, 3.63) is 35.5 Å². The summed E-state index contributed by atoms with van der Waals surface area (Å²) in [5.74, 6) is -2.24. The molecule has 148 valence electrons. The van der Waals surface area contributed by atoms with Crippen LogP contribution in [0, 0.1) is 11.6 Å². The van der Waals surface area contributed by atoms with E-state index in [0.717, 1.165) is 30.6 Å². The van der Waals surface area contributed by atoms with E-state index >= 15 is 0 Å². The number of rotatable bonds is 3. The molecule has 7 nitrogen and oxygen atoms in total. The highest BCUT2D eigenvalue weighted by Gasteiger charge is 2.25. The third-order valence-corrected chi connectivity index (χ3v) is 3.85. The van der Waals surface area contributed by atoms with Gasteiger partial charge in [-0.3, -0.25) is 10.1 Å². The summed E-state index contributed by atoms with van der Waals surface area (Å²) in [5.41, 5.74) is -1.27. The molecule has 3 N–H and O–H groups in total. The highest BCUT2D eigenvalue weighted by atomic mass is 32.1. The van der Waals surface area contributed by atoms with Crippen molar-refractivity contribution in [1.82, 2.24) is 10.3 Å². The number of nitrogens with one attached hydrogen (secondary N) is 2. The van der Waals surface area contributed by atoms with E-state index in [1.54, 1.807) is 20.8 Å². The molecule has 1 aromatic carbocycles. The number of thiazole rings is 1. The van der Waals surface area contributed by atoms with Crippen LogP contribution in [0.15, 0.2) is 18.2 Å². The van der Waals surface area contributed by atoms with Gasteiger partial charge in [0.15, 0.2) is 5.69 Å². The van der Waals surface area contributed by atoms with Gasteiger partial charge < -0.3 is 15.2 Å². The average Bonchev–Trinajstić information content (AvgIpc) is 2.97. The van der Waals surface area contributed by atoms with Crippen molar-refractivity contribution < 1.29 is 28.2 Å². The monoisotopic (exact) mass is 401 g/mol. The lowest BCUT2D eigenvalue weighted by Gasteiger charge is -2.19. The Morgan fingerprint density at radius 2 is 1.74 bits per heavy atom. The zero-order valence-electron chi connectivity index (χ0n) is 15.5. The van der Waals surface area contributed by atoms with Gasteiger partial charge in [-0.2, -0.15) is 0 Å². The maximum atomic E-state index is 14.0. The lowest BCUT2D eigenvalue weighted by molar-refractivity contribution is 0.0636. The molecular weight excluding hydrogens is 380 g/mol. The Morgan fingerprint density at radius 3 is 2.22 bits per heavy atom. The summed E-state index contributed by atoms with van der Waals surface area (Å²) in [6.07, 6.45) is -0.804. The zero-order chi connectivity index (χ0) is 20.8. The fraction of sp³-hybridized carbons (Fsp3) is 0.353. The van der Waals surface area contributed by atoms with Crippen molar-refractivity contribution in [1.29, 1.82) is 0 Å². The predicted octanol–water partition coefficient (Wildman–Crippen LogP) is 3.40. The first-order valence-electron chi connectivity index (χ1n) is 7.74. The number of aliphatic hydroxyl groups is 1. The smallest absolute Gasteiger partial charge is 0.412 e. The quantitative estimate of drug-likeness (QED) is 0.732. The highest BCUT2D eigenvalue weighted by Crippen LogP contribution is 2.35. The van der Waals surface area contributed by atoms with Crippen LogP contribution in [0.5, 0.6) is 0 Å². The number of benzene rings is 1. The van der Waals surface area contributed by atoms with Gasteiger partial charge in [-0.25, -0.2) is 18.6 Å². The Kier molecular flexibility index (Phi) is 7.80. The van der Waals surface area contributed by atoms with Crippen LogP contribution in [0.3, 0.4) is 0 Å². The Labute approximate surface area is 159 Å². The van der Waals surface area contributed by atoms with Gasteiger partial charge >= 0.3 is 6.09 Å². The van der Waals surface area contributed by atoms with Gasteiger partial charge in [-0.05, 0) is 32.9 Å². The number of halogens is 2. The predicted molar refractivity (Wildman–Crippen MR) is 98.9 cm³/mol. The van der Waals surface area contributed by atoms with E-state index in [0.29, 0.717) is 0 Å². The molecule has 0 saturated carbocycles. The lowest BCUT2D eigenvalue weighted by atomic mass is 10.2. The SMILES string of the molecule is CNC(=O)c1nc(-c2c(F)cccc2F)sc1NC(=O)OC(C)(C)C.CO. The van der Waals surface area contributed by atoms with E-state index in [-0.39, 0.29) is 21.3 Å². The first-order chi connectivity index (χ1) is 12.6. The van der Waals surface area contributed by atoms with Crippen LogP contribution in [0.2, 0.25) is 0 Å². The van der Waals surface area contributed by atoms with E-state index in [1.807, 2.05) is 0 Å². The minimum Gasteiger partial charge on any atom is -0.444 e. The maximum Gasteiger partial charge on any atom is 0.412 e. The van der Waals surface area contributed by atoms with E-state index in [1.165, 1.54) is 13.1 Å². The second-order valence-electron chi connectivity index (χ2n) is 6.00. The Hall–Kier alpha value is -2.59. The van der Waals surface area contributed by atoms with Gasteiger partial charge in [0, 0.05) is 14.2 Å². The topological polar surface area (TPSA) is 101 Å². The van der Waals surface area contributed by atoms with Gasteiger partial charge in [-0.15, -0.1) is 0 Å². The summed E-state index contributed by atoms with van der Waals surface area (Å²) in [6, 6.07) is 3.39. The van der Waals surface area contributed by atoms with Crippen LogP contribution >= 0.6 is 11.3 Å². The number of hydrogen-bond acceptors (Lipinski definition) is 6. The standard InChI is InChI=1S/C16H17F2N3O3S.CH4O/c1-16(2,3)24-15(23)21-14-11(12(22)19-4)20-13(25-14)10-8(17)6-5-7-9(10)18;1-2/h5-7H,1-4H3,(H,19,22)(H,21,23);2H,1H3. The zero-order valence-corrected chi connectivity index (χ0v) is 16.3. The highest BCUT2D eigenvalue weighted by molar-refractivity contribution is 7.19. The minimum absolute atomic E-state index is 0.0336. The third-order valence-electron chi connectivity index (χ3n) is 2.86. The Balaban J connectivity index is 0.00000176. The molecule has 0 aliphatic heterocycles. The third kappa shape index (κ3) is 5.97. The molecule has 2 aromatic rings. The van der Waals surface area contributed by atoms with Crippen LogP contribution in [0.1, 0.15) is 31.3 Å². The number of aliphatic hydroxyl groups excluding tert-OH is 1. The minimum atomic E-state index is -0.818. The second-order valence-corrected chi connectivity index (χ2v) is 7.00. The van der Waals surface area contributed by atoms with Crippen LogP contribution in [0.4, 0.5) is 18.6 Å². The van der Waals surface area contributed by atoms with Crippen molar-refractivity contribution in [2.45, 2.75) is 26.4 Å². The van der Waals surface area contributed by atoms with Crippen LogP contribution in [0.25, 0.3) is 10.6 Å². The van der Waals surface area contributed by atoms with Gasteiger partial charge in [0.25, 0.3) is 5.91 Å². The van der Waals surface area contributed by atoms with Gasteiger partial charge in [-0.1, -0.05) is 17.4 Å². The number of nitrogens with zero attached hydrogens (tertiary/aromatic N) is 1. The molecule has 1 aromatic heterocycles. The number of carbonyl (C=O) groups excluding carboxylic acids is 2. The van der Waals surface area contributed by atoms with Crippen molar-refractivity contribution in [2.75, 3.05) is 19.5 Å². The summed E-state index contributed by atoms with van der Waals surface area (Å²) in [6.45, 7) is 5.04. The fourth-order valence-corrected chi connectivity index (χ4v) is 2.88. The average molecular weight is 401 g/mol. The number of anilines is 1. The number of amides is 2.